The number of aromatic nitrogens is 3. The molecule has 0 aliphatic carbocycles. The second-order valence-corrected chi connectivity index (χ2v) is 7.24. The lowest BCUT2D eigenvalue weighted by atomic mass is 10.1. The Hall–Kier alpha value is -4.26. The molecule has 6 nitrogen and oxygen atoms in total. The van der Waals surface area contributed by atoms with Crippen LogP contribution in [0, 0.1) is 5.82 Å². The zero-order valence-corrected chi connectivity index (χ0v) is 17.4. The zero-order valence-electron chi connectivity index (χ0n) is 17.4. The van der Waals surface area contributed by atoms with Crippen molar-refractivity contribution in [3.63, 3.8) is 0 Å². The van der Waals surface area contributed by atoms with Crippen LogP contribution in [0.25, 0.3) is 17.3 Å². The van der Waals surface area contributed by atoms with Crippen LogP contribution in [0.2, 0.25) is 0 Å². The monoisotopic (exact) mass is 428 g/mol. The number of carbonyl (C=O) groups is 1. The van der Waals surface area contributed by atoms with Crippen LogP contribution in [-0.4, -0.2) is 25.8 Å². The summed E-state index contributed by atoms with van der Waals surface area (Å²) in [6.45, 7) is 0. The van der Waals surface area contributed by atoms with E-state index in [0.29, 0.717) is 17.8 Å². The molecular formula is C25H21FN4O2. The highest BCUT2D eigenvalue weighted by Gasteiger charge is 2.10. The minimum Gasteiger partial charge on any atom is -0.506 e. The van der Waals surface area contributed by atoms with Crippen LogP contribution in [0.3, 0.4) is 0 Å². The Balaban J connectivity index is 1.42. The quantitative estimate of drug-likeness (QED) is 0.441. The number of amides is 1. The summed E-state index contributed by atoms with van der Waals surface area (Å²) in [5.74, 6) is -0.435. The van der Waals surface area contributed by atoms with Gasteiger partial charge in [-0.05, 0) is 60.2 Å². The van der Waals surface area contributed by atoms with Crippen LogP contribution >= 0.6 is 0 Å². The third-order valence-electron chi connectivity index (χ3n) is 4.96. The fourth-order valence-corrected chi connectivity index (χ4v) is 3.35. The van der Waals surface area contributed by atoms with Crippen molar-refractivity contribution in [1.82, 2.24) is 14.8 Å². The Labute approximate surface area is 184 Å². The van der Waals surface area contributed by atoms with Crippen LogP contribution in [0.5, 0.6) is 5.75 Å². The standard InChI is InChI=1S/C25H21FN4O2/c1-30-25(18-6-9-20(26)10-7-18)19(16-28-30)8-13-24(32)29-21-11-4-17(5-12-21)15-22-23(31)3-2-14-27-22/h2-14,16,31H,15H2,1H3,(H,29,32). The molecule has 2 heterocycles. The molecule has 0 saturated heterocycles. The highest BCUT2D eigenvalue weighted by atomic mass is 19.1. The Kier molecular flexibility index (Phi) is 6.07. The third-order valence-corrected chi connectivity index (χ3v) is 4.96. The van der Waals surface area contributed by atoms with Crippen molar-refractivity contribution in [1.29, 1.82) is 0 Å². The van der Waals surface area contributed by atoms with Gasteiger partial charge in [-0.3, -0.25) is 14.5 Å². The van der Waals surface area contributed by atoms with E-state index < -0.39 is 0 Å². The Morgan fingerprint density at radius 1 is 1.12 bits per heavy atom. The lowest BCUT2D eigenvalue weighted by molar-refractivity contribution is -0.111. The van der Waals surface area contributed by atoms with E-state index in [9.17, 15) is 14.3 Å². The smallest absolute Gasteiger partial charge is 0.248 e. The maximum atomic E-state index is 13.2. The fourth-order valence-electron chi connectivity index (χ4n) is 3.35. The molecule has 0 radical (unpaired) electrons. The van der Waals surface area contributed by atoms with Gasteiger partial charge in [0.2, 0.25) is 5.91 Å². The van der Waals surface area contributed by atoms with Gasteiger partial charge in [-0.2, -0.15) is 5.10 Å². The number of aromatic hydroxyl groups is 1. The molecule has 0 aliphatic heterocycles. The number of hydrogen-bond acceptors (Lipinski definition) is 4. The first-order chi connectivity index (χ1) is 15.5. The average molecular weight is 428 g/mol. The molecule has 0 unspecified atom stereocenters. The van der Waals surface area contributed by atoms with Gasteiger partial charge >= 0.3 is 0 Å². The second kappa shape index (κ2) is 9.26. The van der Waals surface area contributed by atoms with Gasteiger partial charge in [0, 0.05) is 42.6 Å². The maximum absolute atomic E-state index is 13.2. The van der Waals surface area contributed by atoms with Crippen molar-refractivity contribution >= 4 is 17.7 Å². The van der Waals surface area contributed by atoms with Crippen LogP contribution in [0.1, 0.15) is 16.8 Å². The van der Waals surface area contributed by atoms with Crippen molar-refractivity contribution < 1.29 is 14.3 Å². The first kappa shape index (κ1) is 21.0. The van der Waals surface area contributed by atoms with E-state index in [-0.39, 0.29) is 17.5 Å². The van der Waals surface area contributed by atoms with Crippen molar-refractivity contribution in [2.75, 3.05) is 5.32 Å². The summed E-state index contributed by atoms with van der Waals surface area (Å²) < 4.78 is 14.9. The van der Waals surface area contributed by atoms with Crippen LogP contribution in [0.4, 0.5) is 10.1 Å². The van der Waals surface area contributed by atoms with E-state index in [1.165, 1.54) is 18.2 Å². The van der Waals surface area contributed by atoms with Gasteiger partial charge in [0.25, 0.3) is 0 Å². The molecule has 4 aromatic rings. The molecule has 7 heteroatoms. The van der Waals surface area contributed by atoms with Crippen molar-refractivity contribution in [2.45, 2.75) is 6.42 Å². The van der Waals surface area contributed by atoms with Gasteiger partial charge < -0.3 is 10.4 Å². The van der Waals surface area contributed by atoms with Gasteiger partial charge in [0.05, 0.1) is 17.6 Å². The lowest BCUT2D eigenvalue weighted by Crippen LogP contribution is -2.07. The molecule has 0 fully saturated rings. The first-order valence-corrected chi connectivity index (χ1v) is 9.98. The summed E-state index contributed by atoms with van der Waals surface area (Å²) >= 11 is 0. The summed E-state index contributed by atoms with van der Waals surface area (Å²) in [6, 6.07) is 16.8. The zero-order chi connectivity index (χ0) is 22.5. The molecule has 160 valence electrons. The SMILES string of the molecule is Cn1ncc(C=CC(=O)Nc2ccc(Cc3ncccc3O)cc2)c1-c1ccc(F)cc1. The number of nitrogens with zero attached hydrogens (tertiary/aromatic N) is 3. The molecule has 1 amide bonds. The minimum atomic E-state index is -0.310. The topological polar surface area (TPSA) is 80.0 Å². The van der Waals surface area contributed by atoms with Crippen molar-refractivity contribution in [2.24, 2.45) is 7.05 Å². The summed E-state index contributed by atoms with van der Waals surface area (Å²) in [4.78, 5) is 16.6. The number of pyridine rings is 1. The molecule has 32 heavy (non-hydrogen) atoms. The van der Waals surface area contributed by atoms with Gasteiger partial charge in [-0.1, -0.05) is 12.1 Å². The van der Waals surface area contributed by atoms with Crippen molar-refractivity contribution in [3.05, 3.63) is 102 Å². The molecular weight excluding hydrogens is 407 g/mol. The average Bonchev–Trinajstić information content (AvgIpc) is 3.16. The number of anilines is 1. The molecule has 0 bridgehead atoms. The van der Waals surface area contributed by atoms with Gasteiger partial charge in [-0.15, -0.1) is 0 Å². The minimum absolute atomic E-state index is 0.158. The molecule has 0 atom stereocenters. The number of aryl methyl sites for hydroxylation is 1. The number of halogens is 1. The highest BCUT2D eigenvalue weighted by Crippen LogP contribution is 2.24. The lowest BCUT2D eigenvalue weighted by Gasteiger charge is -2.06. The normalized spacial score (nSPS) is 11.1. The predicted molar refractivity (Wildman–Crippen MR) is 121 cm³/mol. The van der Waals surface area contributed by atoms with Gasteiger partial charge in [0.15, 0.2) is 0 Å². The number of rotatable bonds is 6. The second-order valence-electron chi connectivity index (χ2n) is 7.24. The van der Waals surface area contributed by atoms with Gasteiger partial charge in [-0.25, -0.2) is 4.39 Å². The molecule has 2 N–H and O–H groups in total. The molecule has 4 rings (SSSR count). The third kappa shape index (κ3) is 4.89. The van der Waals surface area contributed by atoms with E-state index >= 15 is 0 Å². The first-order valence-electron chi connectivity index (χ1n) is 9.98. The molecule has 0 aliphatic rings. The van der Waals surface area contributed by atoms with Gasteiger partial charge in [0.1, 0.15) is 11.6 Å². The molecule has 0 spiro atoms. The largest absolute Gasteiger partial charge is 0.506 e. The van der Waals surface area contributed by atoms with E-state index in [0.717, 1.165) is 22.4 Å². The Morgan fingerprint density at radius 3 is 2.59 bits per heavy atom. The van der Waals surface area contributed by atoms with E-state index in [4.69, 9.17) is 0 Å². The Bertz CT molecular complexity index is 1260. The summed E-state index contributed by atoms with van der Waals surface area (Å²) in [5, 5.41) is 16.9. The summed E-state index contributed by atoms with van der Waals surface area (Å²) in [7, 11) is 1.79. The maximum Gasteiger partial charge on any atom is 0.248 e. The van der Waals surface area contributed by atoms with Crippen LogP contribution in [-0.2, 0) is 18.3 Å². The van der Waals surface area contributed by atoms with E-state index in [2.05, 4.69) is 15.4 Å². The van der Waals surface area contributed by atoms with E-state index in [1.54, 1.807) is 66.6 Å². The van der Waals surface area contributed by atoms with Crippen LogP contribution < -0.4 is 5.32 Å². The number of benzene rings is 2. The van der Waals surface area contributed by atoms with Crippen LogP contribution in [0.15, 0.2) is 79.1 Å². The summed E-state index contributed by atoms with van der Waals surface area (Å²) in [6.07, 6.45) is 6.90. The van der Waals surface area contributed by atoms with E-state index in [1.807, 2.05) is 12.1 Å². The summed E-state index contributed by atoms with van der Waals surface area (Å²) in [5.41, 5.74) is 4.56. The number of nitrogens with one attached hydrogen (secondary N) is 1. The van der Waals surface area contributed by atoms with Crippen molar-refractivity contribution in [3.8, 4) is 17.0 Å². The highest BCUT2D eigenvalue weighted by molar-refractivity contribution is 6.02. The Morgan fingerprint density at radius 2 is 1.88 bits per heavy atom. The predicted octanol–water partition coefficient (Wildman–Crippen LogP) is 4.57. The number of carbonyl (C=O) groups excluding carboxylic acids is 1. The molecule has 0 saturated carbocycles. The molecule has 2 aromatic heterocycles. The fraction of sp³-hybridized carbons (Fsp3) is 0.0800. The molecule has 2 aromatic carbocycles. The number of hydrogen-bond donors (Lipinski definition) is 2.